The number of benzene rings is 1. The van der Waals surface area contributed by atoms with Crippen LogP contribution < -0.4 is 4.90 Å². The number of pyridine rings is 1. The summed E-state index contributed by atoms with van der Waals surface area (Å²) in [7, 11) is 0. The molecule has 1 aliphatic heterocycles. The van der Waals surface area contributed by atoms with Gasteiger partial charge in [0.2, 0.25) is 5.82 Å². The minimum Gasteiger partial charge on any atom is -0.378 e. The maximum Gasteiger partial charge on any atom is 0.258 e. The molecule has 1 aliphatic rings. The number of aromatic nitrogens is 3. The van der Waals surface area contributed by atoms with Crippen LogP contribution in [0, 0.1) is 13.8 Å². The molecule has 0 N–H and O–H groups in total. The van der Waals surface area contributed by atoms with Gasteiger partial charge < -0.3 is 14.2 Å². The molecule has 0 saturated carbocycles. The minimum absolute atomic E-state index is 0.536. The molecule has 4 rings (SSSR count). The number of aryl methyl sites for hydroxylation is 2. The predicted octanol–water partition coefficient (Wildman–Crippen LogP) is 3.25. The summed E-state index contributed by atoms with van der Waals surface area (Å²) in [4.78, 5) is 11.3. The standard InChI is InChI=1S/C19H20N4O2/c1-13-3-4-14(2)16(11-13)19-21-18(22-25-19)15-5-6-17(20-12-15)23-7-9-24-10-8-23/h3-6,11-12H,7-10H2,1-2H3. The molecule has 0 atom stereocenters. The predicted molar refractivity (Wildman–Crippen MR) is 95.5 cm³/mol. The molecule has 0 aliphatic carbocycles. The third-order valence-corrected chi connectivity index (χ3v) is 4.39. The van der Waals surface area contributed by atoms with Gasteiger partial charge in [-0.15, -0.1) is 0 Å². The number of anilines is 1. The van der Waals surface area contributed by atoms with Crippen LogP contribution in [-0.2, 0) is 4.74 Å². The summed E-state index contributed by atoms with van der Waals surface area (Å²) >= 11 is 0. The summed E-state index contributed by atoms with van der Waals surface area (Å²) in [6, 6.07) is 10.2. The fourth-order valence-electron chi connectivity index (χ4n) is 2.91. The van der Waals surface area contributed by atoms with Crippen molar-refractivity contribution in [3.63, 3.8) is 0 Å². The Labute approximate surface area is 146 Å². The number of rotatable bonds is 3. The van der Waals surface area contributed by atoms with Gasteiger partial charge in [0.25, 0.3) is 5.89 Å². The first-order chi connectivity index (χ1) is 12.2. The Morgan fingerprint density at radius 1 is 1.04 bits per heavy atom. The lowest BCUT2D eigenvalue weighted by Crippen LogP contribution is -2.36. The normalized spacial score (nSPS) is 14.7. The van der Waals surface area contributed by atoms with Gasteiger partial charge in [-0.25, -0.2) is 4.98 Å². The second kappa shape index (κ2) is 6.64. The molecule has 128 valence electrons. The number of hydrogen-bond donors (Lipinski definition) is 0. The van der Waals surface area contributed by atoms with Gasteiger partial charge in [-0.3, -0.25) is 0 Å². The highest BCUT2D eigenvalue weighted by atomic mass is 16.5. The molecule has 0 radical (unpaired) electrons. The highest BCUT2D eigenvalue weighted by Gasteiger charge is 2.15. The van der Waals surface area contributed by atoms with Crippen LogP contribution >= 0.6 is 0 Å². The Hall–Kier alpha value is -2.73. The molecule has 6 nitrogen and oxygen atoms in total. The summed E-state index contributed by atoms with van der Waals surface area (Å²) in [5.41, 5.74) is 4.09. The minimum atomic E-state index is 0.536. The summed E-state index contributed by atoms with van der Waals surface area (Å²) in [5, 5.41) is 4.12. The first kappa shape index (κ1) is 15.8. The van der Waals surface area contributed by atoms with E-state index in [0.29, 0.717) is 11.7 Å². The van der Waals surface area contributed by atoms with Crippen molar-refractivity contribution in [1.82, 2.24) is 15.1 Å². The van der Waals surface area contributed by atoms with Gasteiger partial charge in [0, 0.05) is 30.4 Å². The molecular weight excluding hydrogens is 316 g/mol. The largest absolute Gasteiger partial charge is 0.378 e. The first-order valence-electron chi connectivity index (χ1n) is 8.41. The monoisotopic (exact) mass is 336 g/mol. The Bertz CT molecular complexity index is 867. The lowest BCUT2D eigenvalue weighted by Gasteiger charge is -2.27. The van der Waals surface area contributed by atoms with Crippen molar-refractivity contribution >= 4 is 5.82 Å². The van der Waals surface area contributed by atoms with Crippen LogP contribution in [0.4, 0.5) is 5.82 Å². The van der Waals surface area contributed by atoms with E-state index in [2.05, 4.69) is 45.1 Å². The first-order valence-corrected chi connectivity index (χ1v) is 8.41. The average Bonchev–Trinajstić information content (AvgIpc) is 3.14. The molecule has 1 fully saturated rings. The van der Waals surface area contributed by atoms with Gasteiger partial charge in [-0.2, -0.15) is 4.98 Å². The van der Waals surface area contributed by atoms with Crippen LogP contribution in [0.25, 0.3) is 22.8 Å². The fourth-order valence-corrected chi connectivity index (χ4v) is 2.91. The zero-order valence-corrected chi connectivity index (χ0v) is 14.4. The molecule has 2 aromatic heterocycles. The van der Waals surface area contributed by atoms with Crippen LogP contribution in [0.2, 0.25) is 0 Å². The van der Waals surface area contributed by atoms with E-state index < -0.39 is 0 Å². The molecule has 0 spiro atoms. The van der Waals surface area contributed by atoms with Gasteiger partial charge >= 0.3 is 0 Å². The Morgan fingerprint density at radius 2 is 1.88 bits per heavy atom. The van der Waals surface area contributed by atoms with Crippen LogP contribution in [-0.4, -0.2) is 41.4 Å². The SMILES string of the molecule is Cc1ccc(C)c(-c2nc(-c3ccc(N4CCOCC4)nc3)no2)c1. The van der Waals surface area contributed by atoms with Crippen molar-refractivity contribution in [2.75, 3.05) is 31.2 Å². The molecule has 1 aromatic carbocycles. The van der Waals surface area contributed by atoms with Crippen molar-refractivity contribution in [3.05, 3.63) is 47.7 Å². The lowest BCUT2D eigenvalue weighted by molar-refractivity contribution is 0.122. The van der Waals surface area contributed by atoms with Gasteiger partial charge in [-0.1, -0.05) is 22.9 Å². The highest BCUT2D eigenvalue weighted by Crippen LogP contribution is 2.26. The second-order valence-electron chi connectivity index (χ2n) is 6.25. The van der Waals surface area contributed by atoms with Crippen molar-refractivity contribution < 1.29 is 9.26 Å². The van der Waals surface area contributed by atoms with Crippen molar-refractivity contribution in [3.8, 4) is 22.8 Å². The summed E-state index contributed by atoms with van der Waals surface area (Å²) in [5.74, 6) is 2.04. The van der Waals surface area contributed by atoms with Gasteiger partial charge in [0.1, 0.15) is 5.82 Å². The lowest BCUT2D eigenvalue weighted by atomic mass is 10.1. The Morgan fingerprint density at radius 3 is 2.64 bits per heavy atom. The molecule has 1 saturated heterocycles. The third-order valence-electron chi connectivity index (χ3n) is 4.39. The molecule has 0 unspecified atom stereocenters. The van der Waals surface area contributed by atoms with Gasteiger partial charge in [-0.05, 0) is 37.6 Å². The third kappa shape index (κ3) is 3.25. The van der Waals surface area contributed by atoms with Crippen molar-refractivity contribution in [2.24, 2.45) is 0 Å². The Balaban J connectivity index is 1.58. The van der Waals surface area contributed by atoms with E-state index in [0.717, 1.165) is 54.4 Å². The molecular formula is C19H20N4O2. The van der Waals surface area contributed by atoms with E-state index in [1.165, 1.54) is 0 Å². The summed E-state index contributed by atoms with van der Waals surface area (Å²) in [6.07, 6.45) is 1.79. The maximum atomic E-state index is 5.47. The number of morpholine rings is 1. The second-order valence-corrected chi connectivity index (χ2v) is 6.25. The van der Waals surface area contributed by atoms with E-state index in [1.807, 2.05) is 19.1 Å². The van der Waals surface area contributed by atoms with E-state index in [-0.39, 0.29) is 0 Å². The molecule has 25 heavy (non-hydrogen) atoms. The summed E-state index contributed by atoms with van der Waals surface area (Å²) in [6.45, 7) is 7.31. The number of ether oxygens (including phenoxy) is 1. The number of nitrogens with zero attached hydrogens (tertiary/aromatic N) is 4. The van der Waals surface area contributed by atoms with Gasteiger partial charge in [0.05, 0.1) is 13.2 Å². The van der Waals surface area contributed by atoms with E-state index in [9.17, 15) is 0 Å². The quantitative estimate of drug-likeness (QED) is 0.731. The zero-order chi connectivity index (χ0) is 17.2. The Kier molecular flexibility index (Phi) is 4.19. The van der Waals surface area contributed by atoms with Crippen LogP contribution in [0.15, 0.2) is 41.1 Å². The van der Waals surface area contributed by atoms with Crippen molar-refractivity contribution in [2.45, 2.75) is 13.8 Å². The van der Waals surface area contributed by atoms with Crippen molar-refractivity contribution in [1.29, 1.82) is 0 Å². The van der Waals surface area contributed by atoms with Crippen LogP contribution in [0.5, 0.6) is 0 Å². The molecule has 0 amide bonds. The molecule has 3 aromatic rings. The van der Waals surface area contributed by atoms with Crippen LogP contribution in [0.3, 0.4) is 0 Å². The highest BCUT2D eigenvalue weighted by molar-refractivity contribution is 5.63. The van der Waals surface area contributed by atoms with Gasteiger partial charge in [0.15, 0.2) is 0 Å². The van der Waals surface area contributed by atoms with E-state index in [1.54, 1.807) is 6.20 Å². The zero-order valence-electron chi connectivity index (χ0n) is 14.4. The van der Waals surface area contributed by atoms with Crippen LogP contribution in [0.1, 0.15) is 11.1 Å². The number of hydrogen-bond acceptors (Lipinski definition) is 6. The smallest absolute Gasteiger partial charge is 0.258 e. The van der Waals surface area contributed by atoms with E-state index in [4.69, 9.17) is 9.26 Å². The molecule has 6 heteroatoms. The fraction of sp³-hybridized carbons (Fsp3) is 0.316. The summed E-state index contributed by atoms with van der Waals surface area (Å²) < 4.78 is 10.8. The average molecular weight is 336 g/mol. The van der Waals surface area contributed by atoms with E-state index >= 15 is 0 Å². The molecule has 0 bridgehead atoms. The maximum absolute atomic E-state index is 5.47. The molecule has 3 heterocycles. The topological polar surface area (TPSA) is 64.3 Å².